The second-order valence-electron chi connectivity index (χ2n) is 4.67. The molecule has 1 aliphatic rings. The highest BCUT2D eigenvalue weighted by molar-refractivity contribution is 7.99. The highest BCUT2D eigenvalue weighted by atomic mass is 32.2. The molecule has 1 saturated heterocycles. The van der Waals surface area contributed by atoms with E-state index in [4.69, 9.17) is 0 Å². The second kappa shape index (κ2) is 5.75. The molecule has 1 N–H and O–H groups in total. The SMILES string of the molecule is Cn1c(CNC2CCCSC2)cc(=O)n(C)c1=O. The van der Waals surface area contributed by atoms with Gasteiger partial charge in [0.05, 0.1) is 0 Å². The summed E-state index contributed by atoms with van der Waals surface area (Å²) in [6.45, 7) is 0.576. The Kier molecular flexibility index (Phi) is 4.29. The molecule has 1 aromatic heterocycles. The molecule has 0 aliphatic carbocycles. The zero-order valence-electron chi connectivity index (χ0n) is 10.8. The van der Waals surface area contributed by atoms with E-state index in [0.29, 0.717) is 12.6 Å². The fraction of sp³-hybridized carbons (Fsp3) is 0.667. The van der Waals surface area contributed by atoms with E-state index >= 15 is 0 Å². The summed E-state index contributed by atoms with van der Waals surface area (Å²) >= 11 is 1.95. The highest BCUT2D eigenvalue weighted by Gasteiger charge is 2.14. The molecule has 1 aromatic rings. The van der Waals surface area contributed by atoms with E-state index in [1.54, 1.807) is 7.05 Å². The average Bonchev–Trinajstić information content (AvgIpc) is 2.40. The Balaban J connectivity index is 2.10. The third-order valence-electron chi connectivity index (χ3n) is 3.36. The van der Waals surface area contributed by atoms with E-state index < -0.39 is 0 Å². The van der Waals surface area contributed by atoms with Gasteiger partial charge in [0, 0.05) is 44.2 Å². The van der Waals surface area contributed by atoms with Crippen LogP contribution >= 0.6 is 11.8 Å². The van der Waals surface area contributed by atoms with Crippen LogP contribution in [0.25, 0.3) is 0 Å². The van der Waals surface area contributed by atoms with Crippen LogP contribution in [0.2, 0.25) is 0 Å². The van der Waals surface area contributed by atoms with E-state index in [9.17, 15) is 9.59 Å². The van der Waals surface area contributed by atoms with Crippen molar-refractivity contribution in [3.05, 3.63) is 32.6 Å². The number of hydrogen-bond acceptors (Lipinski definition) is 4. The van der Waals surface area contributed by atoms with E-state index in [2.05, 4.69) is 5.32 Å². The lowest BCUT2D eigenvalue weighted by Crippen LogP contribution is -2.40. The van der Waals surface area contributed by atoms with Crippen LogP contribution in [0.1, 0.15) is 18.5 Å². The minimum atomic E-state index is -0.266. The molecule has 0 aromatic carbocycles. The highest BCUT2D eigenvalue weighted by Crippen LogP contribution is 2.16. The monoisotopic (exact) mass is 269 g/mol. The first-order valence-corrected chi connectivity index (χ1v) is 7.32. The van der Waals surface area contributed by atoms with Gasteiger partial charge in [0.1, 0.15) is 0 Å². The van der Waals surface area contributed by atoms with Gasteiger partial charge in [0.25, 0.3) is 5.56 Å². The number of nitrogens with one attached hydrogen (secondary N) is 1. The van der Waals surface area contributed by atoms with Crippen molar-refractivity contribution in [2.24, 2.45) is 14.1 Å². The summed E-state index contributed by atoms with van der Waals surface area (Å²) in [4.78, 5) is 23.3. The molecule has 0 bridgehead atoms. The minimum Gasteiger partial charge on any atom is -0.308 e. The fourth-order valence-electron chi connectivity index (χ4n) is 2.10. The number of hydrogen-bond donors (Lipinski definition) is 1. The van der Waals surface area contributed by atoms with E-state index in [1.165, 1.54) is 36.3 Å². The predicted molar refractivity (Wildman–Crippen MR) is 74.1 cm³/mol. The Bertz CT molecular complexity index is 529. The van der Waals surface area contributed by atoms with Crippen molar-refractivity contribution in [2.75, 3.05) is 11.5 Å². The molecule has 2 heterocycles. The summed E-state index contributed by atoms with van der Waals surface area (Å²) < 4.78 is 2.66. The maximum atomic E-state index is 11.8. The van der Waals surface area contributed by atoms with Gasteiger partial charge in [0.15, 0.2) is 0 Å². The maximum Gasteiger partial charge on any atom is 0.330 e. The van der Waals surface area contributed by atoms with Crippen molar-refractivity contribution in [3.8, 4) is 0 Å². The smallest absolute Gasteiger partial charge is 0.308 e. The van der Waals surface area contributed by atoms with Crippen LogP contribution in [0.5, 0.6) is 0 Å². The van der Waals surface area contributed by atoms with Crippen molar-refractivity contribution >= 4 is 11.8 Å². The van der Waals surface area contributed by atoms with Crippen LogP contribution in [0.4, 0.5) is 0 Å². The molecule has 18 heavy (non-hydrogen) atoms. The average molecular weight is 269 g/mol. The topological polar surface area (TPSA) is 56.0 Å². The zero-order valence-corrected chi connectivity index (χ0v) is 11.6. The van der Waals surface area contributed by atoms with Crippen molar-refractivity contribution in [1.82, 2.24) is 14.5 Å². The van der Waals surface area contributed by atoms with Gasteiger partial charge < -0.3 is 5.32 Å². The fourth-order valence-corrected chi connectivity index (χ4v) is 3.21. The van der Waals surface area contributed by atoms with Crippen LogP contribution in [0.15, 0.2) is 15.7 Å². The first-order valence-electron chi connectivity index (χ1n) is 6.16. The number of nitrogens with zero attached hydrogens (tertiary/aromatic N) is 2. The molecule has 100 valence electrons. The molecule has 1 unspecified atom stereocenters. The number of rotatable bonds is 3. The lowest BCUT2D eigenvalue weighted by molar-refractivity contribution is 0.491. The summed E-state index contributed by atoms with van der Waals surface area (Å²) in [6, 6.07) is 2.02. The molecular weight excluding hydrogens is 250 g/mol. The third kappa shape index (κ3) is 2.87. The lowest BCUT2D eigenvalue weighted by Gasteiger charge is -2.23. The van der Waals surface area contributed by atoms with Crippen LogP contribution in [-0.2, 0) is 20.6 Å². The van der Waals surface area contributed by atoms with E-state index in [1.807, 2.05) is 11.8 Å². The van der Waals surface area contributed by atoms with Gasteiger partial charge >= 0.3 is 5.69 Å². The Hall–Kier alpha value is -1.01. The Labute approximate surface area is 110 Å². The molecular formula is C12H19N3O2S. The molecule has 0 saturated carbocycles. The van der Waals surface area contributed by atoms with Crippen LogP contribution in [-0.4, -0.2) is 26.7 Å². The van der Waals surface area contributed by atoms with Crippen LogP contribution < -0.4 is 16.6 Å². The van der Waals surface area contributed by atoms with Crippen molar-refractivity contribution in [2.45, 2.75) is 25.4 Å². The van der Waals surface area contributed by atoms with Crippen molar-refractivity contribution < 1.29 is 0 Å². The van der Waals surface area contributed by atoms with Gasteiger partial charge in [0.2, 0.25) is 0 Å². The molecule has 0 spiro atoms. The van der Waals surface area contributed by atoms with Gasteiger partial charge in [-0.25, -0.2) is 4.79 Å². The van der Waals surface area contributed by atoms with Gasteiger partial charge in [-0.2, -0.15) is 11.8 Å². The Morgan fingerprint density at radius 1 is 1.39 bits per heavy atom. The largest absolute Gasteiger partial charge is 0.330 e. The molecule has 5 nitrogen and oxygen atoms in total. The number of aromatic nitrogens is 2. The third-order valence-corrected chi connectivity index (χ3v) is 4.57. The first-order chi connectivity index (χ1) is 8.59. The summed E-state index contributed by atoms with van der Waals surface area (Å²) in [6.07, 6.45) is 2.41. The first kappa shape index (κ1) is 13.4. The molecule has 1 aliphatic heterocycles. The van der Waals surface area contributed by atoms with Gasteiger partial charge in [-0.3, -0.25) is 13.9 Å². The summed E-state index contributed by atoms with van der Waals surface area (Å²) in [5.74, 6) is 2.35. The van der Waals surface area contributed by atoms with Crippen LogP contribution in [0.3, 0.4) is 0 Å². The molecule has 6 heteroatoms. The van der Waals surface area contributed by atoms with Gasteiger partial charge in [-0.05, 0) is 18.6 Å². The van der Waals surface area contributed by atoms with Gasteiger partial charge in [-0.15, -0.1) is 0 Å². The Morgan fingerprint density at radius 2 is 2.17 bits per heavy atom. The Morgan fingerprint density at radius 3 is 2.83 bits per heavy atom. The zero-order chi connectivity index (χ0) is 13.1. The normalized spacial score (nSPS) is 20.0. The second-order valence-corrected chi connectivity index (χ2v) is 5.82. The van der Waals surface area contributed by atoms with Crippen LogP contribution in [0, 0.1) is 0 Å². The maximum absolute atomic E-state index is 11.8. The molecule has 0 amide bonds. The summed E-state index contributed by atoms with van der Waals surface area (Å²) in [5.41, 5.74) is 0.240. The number of thioether (sulfide) groups is 1. The molecule has 1 atom stereocenters. The molecule has 1 fully saturated rings. The van der Waals surface area contributed by atoms with Crippen molar-refractivity contribution in [3.63, 3.8) is 0 Å². The van der Waals surface area contributed by atoms with Crippen molar-refractivity contribution in [1.29, 1.82) is 0 Å². The summed E-state index contributed by atoms with van der Waals surface area (Å²) in [7, 11) is 3.20. The quantitative estimate of drug-likeness (QED) is 0.843. The standard InChI is InChI=1S/C12H19N3O2S/c1-14-10(6-11(16)15(2)12(14)17)7-13-9-4-3-5-18-8-9/h6,9,13H,3-5,7-8H2,1-2H3. The van der Waals surface area contributed by atoms with Gasteiger partial charge in [-0.1, -0.05) is 0 Å². The van der Waals surface area contributed by atoms with E-state index in [0.717, 1.165) is 16.0 Å². The lowest BCUT2D eigenvalue weighted by atomic mass is 10.2. The van der Waals surface area contributed by atoms with E-state index in [-0.39, 0.29) is 11.2 Å². The summed E-state index contributed by atoms with van der Waals surface area (Å²) in [5, 5.41) is 3.42. The molecule has 2 rings (SSSR count). The minimum absolute atomic E-state index is 0.243. The molecule has 0 radical (unpaired) electrons. The predicted octanol–water partition coefficient (Wildman–Crippen LogP) is 0.0692.